The van der Waals surface area contributed by atoms with Gasteiger partial charge in [-0.3, -0.25) is 0 Å². The number of methoxy groups -OCH3 is 1. The van der Waals surface area contributed by atoms with Crippen molar-refractivity contribution in [3.63, 3.8) is 0 Å². The summed E-state index contributed by atoms with van der Waals surface area (Å²) in [6.45, 7) is 2.17. The SMILES string of the molecule is COC1(CNc2ccc(C#N)cn2)CCOCC1. The summed E-state index contributed by atoms with van der Waals surface area (Å²) < 4.78 is 11.0. The molecule has 1 aliphatic rings. The lowest BCUT2D eigenvalue weighted by atomic mass is 9.94. The second kappa shape index (κ2) is 5.80. The number of hydrogen-bond donors (Lipinski definition) is 1. The zero-order chi connectivity index (χ0) is 12.8. The van der Waals surface area contributed by atoms with Gasteiger partial charge in [0.05, 0.1) is 11.2 Å². The lowest BCUT2D eigenvalue weighted by molar-refractivity contribution is -0.0807. The Morgan fingerprint density at radius 3 is 2.83 bits per heavy atom. The molecule has 1 N–H and O–H groups in total. The van der Waals surface area contributed by atoms with Crippen LogP contribution in [0.15, 0.2) is 18.3 Å². The van der Waals surface area contributed by atoms with Crippen LogP contribution in [-0.4, -0.2) is 37.5 Å². The molecule has 1 saturated heterocycles. The van der Waals surface area contributed by atoms with Crippen LogP contribution in [0.2, 0.25) is 0 Å². The molecule has 0 amide bonds. The largest absolute Gasteiger partial charge is 0.381 e. The number of ether oxygens (including phenoxy) is 2. The summed E-state index contributed by atoms with van der Waals surface area (Å²) in [6, 6.07) is 5.60. The molecule has 0 spiro atoms. The standard InChI is InChI=1S/C13H17N3O2/c1-17-13(4-6-18-7-5-13)10-16-12-3-2-11(8-14)9-15-12/h2-3,9H,4-7,10H2,1H3,(H,15,16). The van der Waals surface area contributed by atoms with Gasteiger partial charge in [-0.25, -0.2) is 4.98 Å². The molecule has 5 nitrogen and oxygen atoms in total. The van der Waals surface area contributed by atoms with Crippen molar-refractivity contribution < 1.29 is 9.47 Å². The lowest BCUT2D eigenvalue weighted by Crippen LogP contribution is -2.44. The van der Waals surface area contributed by atoms with Crippen molar-refractivity contribution in [3.8, 4) is 6.07 Å². The van der Waals surface area contributed by atoms with Crippen molar-refractivity contribution in [1.29, 1.82) is 5.26 Å². The van der Waals surface area contributed by atoms with E-state index in [4.69, 9.17) is 14.7 Å². The van der Waals surface area contributed by atoms with Crippen LogP contribution in [0.3, 0.4) is 0 Å². The van der Waals surface area contributed by atoms with Gasteiger partial charge in [0.1, 0.15) is 11.9 Å². The monoisotopic (exact) mass is 247 g/mol. The average Bonchev–Trinajstić information content (AvgIpc) is 2.47. The highest BCUT2D eigenvalue weighted by molar-refractivity contribution is 5.39. The van der Waals surface area contributed by atoms with E-state index in [0.29, 0.717) is 12.1 Å². The molecule has 1 aliphatic heterocycles. The van der Waals surface area contributed by atoms with Crippen LogP contribution in [0.25, 0.3) is 0 Å². The highest BCUT2D eigenvalue weighted by Gasteiger charge is 2.32. The number of hydrogen-bond acceptors (Lipinski definition) is 5. The molecule has 0 atom stereocenters. The van der Waals surface area contributed by atoms with E-state index in [1.165, 1.54) is 0 Å². The molecule has 1 fully saturated rings. The molecule has 0 bridgehead atoms. The molecule has 0 unspecified atom stereocenters. The lowest BCUT2D eigenvalue weighted by Gasteiger charge is -2.36. The van der Waals surface area contributed by atoms with Crippen LogP contribution in [0, 0.1) is 11.3 Å². The molecular weight excluding hydrogens is 230 g/mol. The Morgan fingerprint density at radius 2 is 2.28 bits per heavy atom. The normalized spacial score (nSPS) is 18.0. The number of aromatic nitrogens is 1. The minimum Gasteiger partial charge on any atom is -0.381 e. The minimum absolute atomic E-state index is 0.173. The van der Waals surface area contributed by atoms with Gasteiger partial charge >= 0.3 is 0 Å². The number of nitrogens with one attached hydrogen (secondary N) is 1. The van der Waals surface area contributed by atoms with E-state index in [-0.39, 0.29) is 5.60 Å². The molecular formula is C13H17N3O2. The number of nitrogens with zero attached hydrogens (tertiary/aromatic N) is 2. The molecule has 18 heavy (non-hydrogen) atoms. The van der Waals surface area contributed by atoms with E-state index in [1.807, 2.05) is 6.07 Å². The molecule has 0 radical (unpaired) electrons. The van der Waals surface area contributed by atoms with Crippen LogP contribution in [0.4, 0.5) is 5.82 Å². The maximum Gasteiger partial charge on any atom is 0.126 e. The summed E-state index contributed by atoms with van der Waals surface area (Å²) in [5.41, 5.74) is 0.390. The van der Waals surface area contributed by atoms with Crippen molar-refractivity contribution in [1.82, 2.24) is 4.98 Å². The van der Waals surface area contributed by atoms with Gasteiger partial charge in [0, 0.05) is 45.9 Å². The van der Waals surface area contributed by atoms with Crippen LogP contribution < -0.4 is 5.32 Å². The van der Waals surface area contributed by atoms with Gasteiger partial charge < -0.3 is 14.8 Å². The zero-order valence-corrected chi connectivity index (χ0v) is 10.5. The Bertz CT molecular complexity index is 419. The predicted molar refractivity (Wildman–Crippen MR) is 67.2 cm³/mol. The van der Waals surface area contributed by atoms with E-state index < -0.39 is 0 Å². The van der Waals surface area contributed by atoms with Gasteiger partial charge in [0.2, 0.25) is 0 Å². The third-order valence-corrected chi connectivity index (χ3v) is 3.32. The molecule has 1 aromatic rings. The third-order valence-electron chi connectivity index (χ3n) is 3.32. The van der Waals surface area contributed by atoms with Crippen LogP contribution in [0.1, 0.15) is 18.4 Å². The fourth-order valence-electron chi connectivity index (χ4n) is 2.01. The Kier molecular flexibility index (Phi) is 4.13. The highest BCUT2D eigenvalue weighted by Crippen LogP contribution is 2.24. The summed E-state index contributed by atoms with van der Waals surface area (Å²) in [5, 5.41) is 12.0. The molecule has 1 aromatic heterocycles. The first-order chi connectivity index (χ1) is 8.78. The van der Waals surface area contributed by atoms with Crippen LogP contribution >= 0.6 is 0 Å². The van der Waals surface area contributed by atoms with Gasteiger partial charge in [-0.1, -0.05) is 0 Å². The van der Waals surface area contributed by atoms with Gasteiger partial charge in [0.25, 0.3) is 0 Å². The maximum atomic E-state index is 8.70. The van der Waals surface area contributed by atoms with Crippen molar-refractivity contribution in [2.75, 3.05) is 32.2 Å². The first-order valence-electron chi connectivity index (χ1n) is 6.01. The van der Waals surface area contributed by atoms with Crippen molar-refractivity contribution >= 4 is 5.82 Å². The van der Waals surface area contributed by atoms with Gasteiger partial charge in [-0.15, -0.1) is 0 Å². The second-order valence-corrected chi connectivity index (χ2v) is 4.40. The topological polar surface area (TPSA) is 67.2 Å². The maximum absolute atomic E-state index is 8.70. The number of rotatable bonds is 4. The average molecular weight is 247 g/mol. The number of pyridine rings is 1. The Hall–Kier alpha value is -1.64. The third kappa shape index (κ3) is 2.97. The minimum atomic E-state index is -0.173. The van der Waals surface area contributed by atoms with Gasteiger partial charge in [-0.2, -0.15) is 5.26 Å². The van der Waals surface area contributed by atoms with Gasteiger partial charge in [0.15, 0.2) is 0 Å². The molecule has 0 aliphatic carbocycles. The van der Waals surface area contributed by atoms with E-state index in [2.05, 4.69) is 10.3 Å². The Balaban J connectivity index is 1.94. The van der Waals surface area contributed by atoms with Gasteiger partial charge in [-0.05, 0) is 12.1 Å². The number of anilines is 1. The molecule has 2 heterocycles. The zero-order valence-electron chi connectivity index (χ0n) is 10.5. The molecule has 0 aromatic carbocycles. The summed E-state index contributed by atoms with van der Waals surface area (Å²) >= 11 is 0. The first kappa shape index (κ1) is 12.8. The van der Waals surface area contributed by atoms with Crippen molar-refractivity contribution in [3.05, 3.63) is 23.9 Å². The van der Waals surface area contributed by atoms with E-state index >= 15 is 0 Å². The summed E-state index contributed by atoms with van der Waals surface area (Å²) in [4.78, 5) is 4.18. The van der Waals surface area contributed by atoms with Crippen molar-refractivity contribution in [2.45, 2.75) is 18.4 Å². The summed E-state index contributed by atoms with van der Waals surface area (Å²) in [5.74, 6) is 0.761. The molecule has 96 valence electrons. The molecule has 5 heteroatoms. The quantitative estimate of drug-likeness (QED) is 0.874. The smallest absolute Gasteiger partial charge is 0.126 e. The Labute approximate surface area is 107 Å². The molecule has 2 rings (SSSR count). The summed E-state index contributed by atoms with van der Waals surface area (Å²) in [6.07, 6.45) is 3.32. The van der Waals surface area contributed by atoms with Crippen LogP contribution in [0.5, 0.6) is 0 Å². The van der Waals surface area contributed by atoms with E-state index in [0.717, 1.165) is 31.9 Å². The number of nitriles is 1. The van der Waals surface area contributed by atoms with Crippen molar-refractivity contribution in [2.24, 2.45) is 0 Å². The predicted octanol–water partition coefficient (Wildman–Crippen LogP) is 1.56. The van der Waals surface area contributed by atoms with Crippen LogP contribution in [-0.2, 0) is 9.47 Å². The highest BCUT2D eigenvalue weighted by atomic mass is 16.5. The fraction of sp³-hybridized carbons (Fsp3) is 0.538. The van der Waals surface area contributed by atoms with E-state index in [9.17, 15) is 0 Å². The Morgan fingerprint density at radius 1 is 1.50 bits per heavy atom. The first-order valence-corrected chi connectivity index (χ1v) is 6.01. The second-order valence-electron chi connectivity index (χ2n) is 4.40. The fourth-order valence-corrected chi connectivity index (χ4v) is 2.01. The molecule has 0 saturated carbocycles. The summed E-state index contributed by atoms with van der Waals surface area (Å²) in [7, 11) is 1.74. The van der Waals surface area contributed by atoms with E-state index in [1.54, 1.807) is 25.4 Å².